The molecule has 1 aromatic rings. The van der Waals surface area contributed by atoms with Crippen LogP contribution in [-0.2, 0) is 9.84 Å². The van der Waals surface area contributed by atoms with Crippen molar-refractivity contribution >= 4 is 31.7 Å². The van der Waals surface area contributed by atoms with Gasteiger partial charge in [0.15, 0.2) is 15.7 Å². The Kier molecular flexibility index (Phi) is 5.05. The molecule has 0 atom stereocenters. The van der Waals surface area contributed by atoms with Crippen molar-refractivity contribution in [2.75, 3.05) is 26.4 Å². The van der Waals surface area contributed by atoms with Crippen molar-refractivity contribution in [2.45, 2.75) is 4.90 Å². The first-order valence-corrected chi connectivity index (χ1v) is 7.69. The molecule has 0 spiro atoms. The van der Waals surface area contributed by atoms with Crippen molar-refractivity contribution < 1.29 is 22.7 Å². The number of benzene rings is 1. The molecule has 0 heterocycles. The lowest BCUT2D eigenvalue weighted by atomic mass is 10.2. The highest BCUT2D eigenvalue weighted by Gasteiger charge is 2.25. The van der Waals surface area contributed by atoms with E-state index < -0.39 is 32.1 Å². The van der Waals surface area contributed by atoms with Crippen LogP contribution in [0, 0.1) is 5.82 Å². The molecule has 0 saturated heterocycles. The van der Waals surface area contributed by atoms with Crippen LogP contribution in [0.5, 0.6) is 0 Å². The van der Waals surface area contributed by atoms with Crippen LogP contribution in [0.25, 0.3) is 0 Å². The van der Waals surface area contributed by atoms with Gasteiger partial charge in [0, 0.05) is 11.0 Å². The molecule has 5 nitrogen and oxygen atoms in total. The Labute approximate surface area is 119 Å². The van der Waals surface area contributed by atoms with Crippen molar-refractivity contribution in [2.24, 2.45) is 0 Å². The summed E-state index contributed by atoms with van der Waals surface area (Å²) in [6.07, 6.45) is 0. The molecule has 1 rings (SSSR count). The maximum atomic E-state index is 13.9. The lowest BCUT2D eigenvalue weighted by Gasteiger charge is -2.11. The zero-order valence-corrected chi connectivity index (χ0v) is 12.8. The van der Waals surface area contributed by atoms with E-state index in [4.69, 9.17) is 5.11 Å². The smallest absolute Gasteiger partial charge is 0.338 e. The van der Waals surface area contributed by atoms with Gasteiger partial charge in [-0.1, -0.05) is 15.9 Å². The molecule has 0 radical (unpaired) electrons. The summed E-state index contributed by atoms with van der Waals surface area (Å²) in [4.78, 5) is 11.9. The second-order valence-electron chi connectivity index (χ2n) is 4.19. The number of sulfone groups is 1. The monoisotopic (exact) mass is 353 g/mol. The third-order valence-corrected chi connectivity index (χ3v) is 4.52. The fourth-order valence-electron chi connectivity index (χ4n) is 1.36. The first-order valence-electron chi connectivity index (χ1n) is 5.25. The molecule has 0 bridgehead atoms. The molecule has 19 heavy (non-hydrogen) atoms. The van der Waals surface area contributed by atoms with E-state index in [9.17, 15) is 17.6 Å². The van der Waals surface area contributed by atoms with Gasteiger partial charge in [-0.25, -0.2) is 17.6 Å². The minimum absolute atomic E-state index is 0.203. The molecule has 8 heteroatoms. The van der Waals surface area contributed by atoms with Gasteiger partial charge in [-0.15, -0.1) is 0 Å². The molecule has 0 amide bonds. The van der Waals surface area contributed by atoms with E-state index in [1.54, 1.807) is 19.0 Å². The van der Waals surface area contributed by atoms with Crippen LogP contribution >= 0.6 is 15.9 Å². The first kappa shape index (κ1) is 16.1. The van der Waals surface area contributed by atoms with E-state index in [-0.39, 0.29) is 16.8 Å². The van der Waals surface area contributed by atoms with Crippen molar-refractivity contribution in [3.05, 3.63) is 28.0 Å². The van der Waals surface area contributed by atoms with Gasteiger partial charge in [0.1, 0.15) is 4.90 Å². The molecular weight excluding hydrogens is 341 g/mol. The van der Waals surface area contributed by atoms with Crippen LogP contribution < -0.4 is 0 Å². The average Bonchev–Trinajstić information content (AvgIpc) is 2.28. The summed E-state index contributed by atoms with van der Waals surface area (Å²) in [5, 5.41) is 8.83. The second-order valence-corrected chi connectivity index (χ2v) is 7.19. The molecule has 0 aliphatic carbocycles. The summed E-state index contributed by atoms with van der Waals surface area (Å²) in [7, 11) is -0.495. The molecule has 0 aliphatic heterocycles. The van der Waals surface area contributed by atoms with Crippen molar-refractivity contribution in [1.82, 2.24) is 4.90 Å². The van der Waals surface area contributed by atoms with Gasteiger partial charge in [-0.05, 0) is 26.2 Å². The summed E-state index contributed by atoms with van der Waals surface area (Å²) in [5.41, 5.74) is -0.669. The zero-order chi connectivity index (χ0) is 14.8. The number of carboxylic acids is 1. The summed E-state index contributed by atoms with van der Waals surface area (Å²) in [5.74, 6) is -3.02. The fraction of sp³-hybridized carbons (Fsp3) is 0.364. The molecule has 0 fully saturated rings. The number of hydrogen-bond donors (Lipinski definition) is 1. The standard InChI is InChI=1S/C11H13BrFNO4S/c1-14(2)3-4-19(17,18)9-6-7(12)5-8(10(9)13)11(15)16/h5-6H,3-4H2,1-2H3,(H,15,16). The summed E-state index contributed by atoms with van der Waals surface area (Å²) >= 11 is 2.98. The number of halogens is 2. The van der Waals surface area contributed by atoms with Crippen LogP contribution in [0.2, 0.25) is 0 Å². The molecule has 0 unspecified atom stereocenters. The van der Waals surface area contributed by atoms with Gasteiger partial charge in [0.2, 0.25) is 0 Å². The van der Waals surface area contributed by atoms with Crippen LogP contribution in [0.4, 0.5) is 4.39 Å². The Morgan fingerprint density at radius 1 is 1.42 bits per heavy atom. The van der Waals surface area contributed by atoms with Crippen molar-refractivity contribution in [3.8, 4) is 0 Å². The quantitative estimate of drug-likeness (QED) is 0.870. The Bertz CT molecular complexity index is 601. The highest BCUT2D eigenvalue weighted by Crippen LogP contribution is 2.25. The minimum atomic E-state index is -3.87. The molecule has 1 aromatic carbocycles. The Morgan fingerprint density at radius 3 is 2.47 bits per heavy atom. The highest BCUT2D eigenvalue weighted by molar-refractivity contribution is 9.10. The van der Waals surface area contributed by atoms with Gasteiger partial charge < -0.3 is 10.0 Å². The molecule has 1 N–H and O–H groups in total. The van der Waals surface area contributed by atoms with Crippen molar-refractivity contribution in [1.29, 1.82) is 0 Å². The van der Waals surface area contributed by atoms with Gasteiger partial charge in [0.05, 0.1) is 11.3 Å². The number of aromatic carboxylic acids is 1. The molecule has 106 valence electrons. The number of hydrogen-bond acceptors (Lipinski definition) is 4. The third-order valence-electron chi connectivity index (χ3n) is 2.38. The van der Waals surface area contributed by atoms with Gasteiger partial charge in [-0.2, -0.15) is 0 Å². The van der Waals surface area contributed by atoms with Gasteiger partial charge >= 0.3 is 5.97 Å². The third kappa shape index (κ3) is 3.99. The number of rotatable bonds is 5. The predicted octanol–water partition coefficient (Wildman–Crippen LogP) is 1.62. The predicted molar refractivity (Wildman–Crippen MR) is 71.7 cm³/mol. The molecular formula is C11H13BrFNO4S. The summed E-state index contributed by atoms with van der Waals surface area (Å²) in [6, 6.07) is 2.11. The largest absolute Gasteiger partial charge is 0.478 e. The normalized spacial score (nSPS) is 11.8. The van der Waals surface area contributed by atoms with Crippen molar-refractivity contribution in [3.63, 3.8) is 0 Å². The second kappa shape index (κ2) is 5.98. The van der Waals surface area contributed by atoms with Crippen LogP contribution in [-0.4, -0.2) is 50.8 Å². The molecule has 0 saturated carbocycles. The lowest BCUT2D eigenvalue weighted by molar-refractivity contribution is 0.0691. The SMILES string of the molecule is CN(C)CCS(=O)(=O)c1cc(Br)cc(C(=O)O)c1F. The lowest BCUT2D eigenvalue weighted by Crippen LogP contribution is -2.23. The zero-order valence-electron chi connectivity index (χ0n) is 10.4. The number of nitrogens with zero attached hydrogens (tertiary/aromatic N) is 1. The Morgan fingerprint density at radius 2 is 2.00 bits per heavy atom. The first-order chi connectivity index (χ1) is 8.65. The average molecular weight is 354 g/mol. The summed E-state index contributed by atoms with van der Waals surface area (Å²) in [6.45, 7) is 0.219. The Hall–Kier alpha value is -0.990. The highest BCUT2D eigenvalue weighted by atomic mass is 79.9. The van der Waals surface area contributed by atoms with E-state index in [0.29, 0.717) is 0 Å². The minimum Gasteiger partial charge on any atom is -0.478 e. The number of carbonyl (C=O) groups is 1. The maximum absolute atomic E-state index is 13.9. The number of carboxylic acid groups (broad SMARTS) is 1. The summed E-state index contributed by atoms with van der Waals surface area (Å²) < 4.78 is 38.1. The van der Waals surface area contributed by atoms with Crippen LogP contribution in [0.15, 0.2) is 21.5 Å². The van der Waals surface area contributed by atoms with Crippen LogP contribution in [0.1, 0.15) is 10.4 Å². The fourth-order valence-corrected chi connectivity index (χ4v) is 3.48. The van der Waals surface area contributed by atoms with E-state index >= 15 is 0 Å². The molecule has 0 aromatic heterocycles. The molecule has 0 aliphatic rings. The van der Waals surface area contributed by atoms with E-state index in [1.807, 2.05) is 0 Å². The van der Waals surface area contributed by atoms with Gasteiger partial charge in [-0.3, -0.25) is 0 Å². The van der Waals surface area contributed by atoms with Crippen LogP contribution in [0.3, 0.4) is 0 Å². The van der Waals surface area contributed by atoms with Gasteiger partial charge in [0.25, 0.3) is 0 Å². The van der Waals surface area contributed by atoms with E-state index in [0.717, 1.165) is 12.1 Å². The maximum Gasteiger partial charge on any atom is 0.338 e. The topological polar surface area (TPSA) is 74.7 Å². The Balaban J connectivity index is 3.31. The van der Waals surface area contributed by atoms with E-state index in [1.165, 1.54) is 0 Å². The van der Waals surface area contributed by atoms with E-state index in [2.05, 4.69) is 15.9 Å².